The van der Waals surface area contributed by atoms with Crippen LogP contribution < -0.4 is 0 Å². The zero-order valence-electron chi connectivity index (χ0n) is 11.6. The Morgan fingerprint density at radius 2 is 1.94 bits per heavy atom. The molecule has 2 fully saturated rings. The number of carboxylic acids is 1. The fourth-order valence-corrected chi connectivity index (χ4v) is 3.72. The fraction of sp³-hybridized carbons (Fsp3) is 0.933. The maximum Gasteiger partial charge on any atom is 0.303 e. The minimum atomic E-state index is -0.641. The van der Waals surface area contributed by atoms with E-state index in [1.807, 2.05) is 0 Å². The van der Waals surface area contributed by atoms with Crippen LogP contribution in [0.1, 0.15) is 58.3 Å². The van der Waals surface area contributed by atoms with Crippen LogP contribution in [0.4, 0.5) is 0 Å². The van der Waals surface area contributed by atoms with E-state index in [4.69, 9.17) is 5.11 Å². The van der Waals surface area contributed by atoms with E-state index >= 15 is 0 Å². The van der Waals surface area contributed by atoms with Crippen molar-refractivity contribution in [1.82, 2.24) is 4.90 Å². The smallest absolute Gasteiger partial charge is 0.303 e. The number of hydrogen-bond donors (Lipinski definition) is 1. The van der Waals surface area contributed by atoms with Crippen LogP contribution in [0.3, 0.4) is 0 Å². The van der Waals surface area contributed by atoms with Gasteiger partial charge in [0.15, 0.2) is 0 Å². The number of carbonyl (C=O) groups is 1. The molecule has 1 heterocycles. The van der Waals surface area contributed by atoms with Gasteiger partial charge in [0.1, 0.15) is 0 Å². The van der Waals surface area contributed by atoms with Crippen molar-refractivity contribution < 1.29 is 9.90 Å². The zero-order chi connectivity index (χ0) is 13.0. The summed E-state index contributed by atoms with van der Waals surface area (Å²) < 4.78 is 0. The van der Waals surface area contributed by atoms with Crippen LogP contribution in [0.25, 0.3) is 0 Å². The van der Waals surface area contributed by atoms with Crippen molar-refractivity contribution >= 4 is 5.97 Å². The average molecular weight is 253 g/mol. The Kier molecular flexibility index (Phi) is 5.04. The molecule has 2 atom stereocenters. The van der Waals surface area contributed by atoms with E-state index in [1.54, 1.807) is 0 Å². The Hall–Kier alpha value is -0.570. The molecule has 0 aromatic carbocycles. The lowest BCUT2D eigenvalue weighted by Gasteiger charge is -2.41. The molecule has 1 aliphatic carbocycles. The maximum atomic E-state index is 10.8. The molecule has 1 aliphatic heterocycles. The van der Waals surface area contributed by atoms with Crippen molar-refractivity contribution in [2.24, 2.45) is 11.8 Å². The second-order valence-corrected chi connectivity index (χ2v) is 6.26. The summed E-state index contributed by atoms with van der Waals surface area (Å²) in [6.07, 6.45) is 9.71. The summed E-state index contributed by atoms with van der Waals surface area (Å²) in [6, 6.07) is 0.790. The highest BCUT2D eigenvalue weighted by molar-refractivity contribution is 5.67. The van der Waals surface area contributed by atoms with E-state index in [9.17, 15) is 4.79 Å². The number of rotatable bonds is 4. The van der Waals surface area contributed by atoms with Crippen molar-refractivity contribution in [2.45, 2.75) is 64.3 Å². The highest BCUT2D eigenvalue weighted by Crippen LogP contribution is 2.31. The van der Waals surface area contributed by atoms with Gasteiger partial charge in [-0.05, 0) is 44.1 Å². The first-order chi connectivity index (χ1) is 8.66. The van der Waals surface area contributed by atoms with Gasteiger partial charge in [-0.2, -0.15) is 0 Å². The SMILES string of the molecule is CC(CC(=O)O)C1CCCN(C2CCCCC2)C1. The lowest BCUT2D eigenvalue weighted by atomic mass is 9.83. The molecule has 2 rings (SSSR count). The first-order valence-corrected chi connectivity index (χ1v) is 7.62. The van der Waals surface area contributed by atoms with Gasteiger partial charge in [0.2, 0.25) is 0 Å². The molecule has 0 aromatic heterocycles. The Morgan fingerprint density at radius 3 is 2.61 bits per heavy atom. The summed E-state index contributed by atoms with van der Waals surface area (Å²) in [7, 11) is 0. The molecule has 2 aliphatic rings. The molecule has 18 heavy (non-hydrogen) atoms. The van der Waals surface area contributed by atoms with E-state index in [1.165, 1.54) is 51.5 Å². The topological polar surface area (TPSA) is 40.5 Å². The summed E-state index contributed by atoms with van der Waals surface area (Å²) in [5.74, 6) is 0.281. The largest absolute Gasteiger partial charge is 0.481 e. The molecule has 0 amide bonds. The maximum absolute atomic E-state index is 10.8. The van der Waals surface area contributed by atoms with Crippen LogP contribution in [0.15, 0.2) is 0 Å². The van der Waals surface area contributed by atoms with Crippen molar-refractivity contribution in [3.8, 4) is 0 Å². The van der Waals surface area contributed by atoms with Gasteiger partial charge in [0.05, 0.1) is 0 Å². The number of aliphatic carboxylic acids is 1. The molecule has 0 aromatic rings. The summed E-state index contributed by atoms with van der Waals surface area (Å²) >= 11 is 0. The monoisotopic (exact) mass is 253 g/mol. The Labute approximate surface area is 111 Å². The Morgan fingerprint density at radius 1 is 1.22 bits per heavy atom. The third-order valence-electron chi connectivity index (χ3n) is 4.88. The summed E-state index contributed by atoms with van der Waals surface area (Å²) in [6.45, 7) is 4.49. The second-order valence-electron chi connectivity index (χ2n) is 6.26. The van der Waals surface area contributed by atoms with Gasteiger partial charge in [0.25, 0.3) is 0 Å². The van der Waals surface area contributed by atoms with Crippen LogP contribution in [-0.2, 0) is 4.79 Å². The molecule has 1 saturated carbocycles. The van der Waals surface area contributed by atoms with Gasteiger partial charge in [-0.3, -0.25) is 4.79 Å². The third-order valence-corrected chi connectivity index (χ3v) is 4.88. The van der Waals surface area contributed by atoms with Crippen LogP contribution >= 0.6 is 0 Å². The van der Waals surface area contributed by atoms with Crippen LogP contribution in [0.2, 0.25) is 0 Å². The molecule has 0 bridgehead atoms. The Bertz CT molecular complexity index is 274. The summed E-state index contributed by atoms with van der Waals surface area (Å²) in [4.78, 5) is 13.5. The lowest BCUT2D eigenvalue weighted by molar-refractivity contribution is -0.138. The second kappa shape index (κ2) is 6.55. The number of nitrogens with zero attached hydrogens (tertiary/aromatic N) is 1. The molecular weight excluding hydrogens is 226 g/mol. The number of likely N-dealkylation sites (tertiary alicyclic amines) is 1. The summed E-state index contributed by atoms with van der Waals surface area (Å²) in [5.41, 5.74) is 0. The minimum absolute atomic E-state index is 0.328. The zero-order valence-corrected chi connectivity index (χ0v) is 11.6. The van der Waals surface area contributed by atoms with Gasteiger partial charge >= 0.3 is 5.97 Å². The predicted molar refractivity (Wildman–Crippen MR) is 72.6 cm³/mol. The predicted octanol–water partition coefficient (Wildman–Crippen LogP) is 3.14. The van der Waals surface area contributed by atoms with Crippen molar-refractivity contribution in [3.05, 3.63) is 0 Å². The van der Waals surface area contributed by atoms with E-state index < -0.39 is 5.97 Å². The quantitative estimate of drug-likeness (QED) is 0.836. The number of piperidine rings is 1. The molecule has 1 saturated heterocycles. The molecule has 3 nitrogen and oxygen atoms in total. The lowest BCUT2D eigenvalue weighted by Crippen LogP contribution is -2.45. The molecule has 104 valence electrons. The first-order valence-electron chi connectivity index (χ1n) is 7.62. The fourth-order valence-electron chi connectivity index (χ4n) is 3.72. The molecule has 3 heteroatoms. The number of carboxylic acid groups (broad SMARTS) is 1. The first kappa shape index (κ1) is 13.9. The summed E-state index contributed by atoms with van der Waals surface area (Å²) in [5, 5.41) is 8.92. The van der Waals surface area contributed by atoms with Crippen molar-refractivity contribution in [2.75, 3.05) is 13.1 Å². The molecule has 0 radical (unpaired) electrons. The van der Waals surface area contributed by atoms with E-state index in [0.717, 1.165) is 12.6 Å². The highest BCUT2D eigenvalue weighted by Gasteiger charge is 2.30. The van der Waals surface area contributed by atoms with Gasteiger partial charge in [-0.25, -0.2) is 0 Å². The molecule has 2 unspecified atom stereocenters. The van der Waals surface area contributed by atoms with Gasteiger partial charge in [-0.1, -0.05) is 26.2 Å². The van der Waals surface area contributed by atoms with Crippen LogP contribution in [0.5, 0.6) is 0 Å². The van der Waals surface area contributed by atoms with Crippen molar-refractivity contribution in [3.63, 3.8) is 0 Å². The van der Waals surface area contributed by atoms with Crippen LogP contribution in [0, 0.1) is 11.8 Å². The average Bonchev–Trinajstić information content (AvgIpc) is 2.39. The molecule has 0 spiro atoms. The minimum Gasteiger partial charge on any atom is -0.481 e. The standard InChI is InChI=1S/C15H27NO2/c1-12(10-15(17)18)13-6-5-9-16(11-13)14-7-3-2-4-8-14/h12-14H,2-11H2,1H3,(H,17,18). The van der Waals surface area contributed by atoms with Gasteiger partial charge in [-0.15, -0.1) is 0 Å². The van der Waals surface area contributed by atoms with E-state index in [2.05, 4.69) is 11.8 Å². The van der Waals surface area contributed by atoms with E-state index in [-0.39, 0.29) is 0 Å². The van der Waals surface area contributed by atoms with Crippen LogP contribution in [-0.4, -0.2) is 35.1 Å². The molecule has 1 N–H and O–H groups in total. The van der Waals surface area contributed by atoms with Gasteiger partial charge < -0.3 is 10.0 Å². The van der Waals surface area contributed by atoms with Gasteiger partial charge in [0, 0.05) is 19.0 Å². The third kappa shape index (κ3) is 3.71. The van der Waals surface area contributed by atoms with E-state index in [0.29, 0.717) is 18.3 Å². The normalized spacial score (nSPS) is 29.1. The van der Waals surface area contributed by atoms with Crippen molar-refractivity contribution in [1.29, 1.82) is 0 Å². The molecular formula is C15H27NO2. The number of hydrogen-bond acceptors (Lipinski definition) is 2. The Balaban J connectivity index is 1.85. The highest BCUT2D eigenvalue weighted by atomic mass is 16.4.